The summed E-state index contributed by atoms with van der Waals surface area (Å²) >= 11 is 0. The SMILES string of the molecule is N#Cc1ccc(S(=O)(=O)NCCN2CC3CN(CCc4ccc(C(F)(F)F)cc4)CC(C2)O3)cc1. The molecule has 2 aromatic rings. The second-order valence-corrected chi connectivity index (χ2v) is 10.6. The van der Waals surface area contributed by atoms with Crippen LogP contribution in [0.2, 0.25) is 0 Å². The van der Waals surface area contributed by atoms with Crippen LogP contribution in [-0.2, 0) is 27.4 Å². The second-order valence-electron chi connectivity index (χ2n) is 8.88. The minimum atomic E-state index is -4.32. The summed E-state index contributed by atoms with van der Waals surface area (Å²) in [6.45, 7) is 4.38. The highest BCUT2D eigenvalue weighted by molar-refractivity contribution is 7.89. The number of morpholine rings is 2. The van der Waals surface area contributed by atoms with Crippen molar-refractivity contribution < 1.29 is 26.3 Å². The molecule has 0 amide bonds. The van der Waals surface area contributed by atoms with Crippen LogP contribution in [0.25, 0.3) is 0 Å². The van der Waals surface area contributed by atoms with Crippen molar-refractivity contribution in [3.8, 4) is 6.07 Å². The third-order valence-electron chi connectivity index (χ3n) is 6.24. The summed E-state index contributed by atoms with van der Waals surface area (Å²) < 4.78 is 71.8. The van der Waals surface area contributed by atoms with Crippen LogP contribution in [-0.4, -0.2) is 76.2 Å². The van der Waals surface area contributed by atoms with E-state index >= 15 is 0 Å². The van der Waals surface area contributed by atoms with Gasteiger partial charge in [0.25, 0.3) is 0 Å². The summed E-state index contributed by atoms with van der Waals surface area (Å²) in [6.07, 6.45) is -3.65. The minimum Gasteiger partial charge on any atom is -0.370 e. The number of nitriles is 1. The molecule has 0 aromatic heterocycles. The third kappa shape index (κ3) is 6.80. The third-order valence-corrected chi connectivity index (χ3v) is 7.72. The van der Waals surface area contributed by atoms with E-state index in [2.05, 4.69) is 14.5 Å². The number of sulfonamides is 1. The largest absolute Gasteiger partial charge is 0.416 e. The topological polar surface area (TPSA) is 85.7 Å². The van der Waals surface area contributed by atoms with Crippen molar-refractivity contribution in [3.05, 3.63) is 65.2 Å². The predicted molar refractivity (Wildman–Crippen MR) is 123 cm³/mol. The molecular weight excluding hydrogens is 481 g/mol. The minimum absolute atomic E-state index is 0.00485. The van der Waals surface area contributed by atoms with Crippen molar-refractivity contribution in [2.75, 3.05) is 45.8 Å². The Bertz CT molecular complexity index is 1130. The van der Waals surface area contributed by atoms with Gasteiger partial charge in [-0.3, -0.25) is 9.80 Å². The molecule has 2 atom stereocenters. The second kappa shape index (κ2) is 10.6. The van der Waals surface area contributed by atoms with Gasteiger partial charge < -0.3 is 4.74 Å². The van der Waals surface area contributed by atoms with Gasteiger partial charge in [0.2, 0.25) is 10.0 Å². The first-order chi connectivity index (χ1) is 16.6. The van der Waals surface area contributed by atoms with Gasteiger partial charge in [-0.15, -0.1) is 0 Å². The quantitative estimate of drug-likeness (QED) is 0.590. The number of ether oxygens (including phenoxy) is 1. The number of alkyl halides is 3. The molecule has 0 radical (unpaired) electrons. The normalized spacial score (nSPS) is 21.5. The van der Waals surface area contributed by atoms with Crippen LogP contribution >= 0.6 is 0 Å². The van der Waals surface area contributed by atoms with Gasteiger partial charge in [-0.25, -0.2) is 13.1 Å². The van der Waals surface area contributed by atoms with Crippen LogP contribution < -0.4 is 4.72 Å². The molecule has 2 aliphatic heterocycles. The van der Waals surface area contributed by atoms with E-state index in [0.29, 0.717) is 31.6 Å². The van der Waals surface area contributed by atoms with E-state index in [9.17, 15) is 21.6 Å². The molecule has 0 saturated carbocycles. The van der Waals surface area contributed by atoms with Crippen LogP contribution in [0.15, 0.2) is 53.4 Å². The first kappa shape index (κ1) is 25.6. The van der Waals surface area contributed by atoms with Gasteiger partial charge in [0, 0.05) is 45.8 Å². The van der Waals surface area contributed by atoms with E-state index in [1.165, 1.54) is 36.4 Å². The lowest BCUT2D eigenvalue weighted by atomic mass is 10.1. The first-order valence-electron chi connectivity index (χ1n) is 11.4. The molecule has 2 aromatic carbocycles. The summed E-state index contributed by atoms with van der Waals surface area (Å²) in [5, 5.41) is 8.85. The molecule has 2 saturated heterocycles. The molecule has 11 heteroatoms. The summed E-state index contributed by atoms with van der Waals surface area (Å²) in [4.78, 5) is 4.59. The van der Waals surface area contributed by atoms with Crippen molar-refractivity contribution in [2.24, 2.45) is 0 Å². The van der Waals surface area contributed by atoms with E-state index in [1.807, 2.05) is 6.07 Å². The lowest BCUT2D eigenvalue weighted by Crippen LogP contribution is -2.60. The fourth-order valence-corrected chi connectivity index (χ4v) is 5.52. The fraction of sp³-hybridized carbons (Fsp3) is 0.458. The number of nitrogens with zero attached hydrogens (tertiary/aromatic N) is 3. The summed E-state index contributed by atoms with van der Waals surface area (Å²) in [5.41, 5.74) is 0.629. The number of benzene rings is 2. The molecule has 2 bridgehead atoms. The summed E-state index contributed by atoms with van der Waals surface area (Å²) in [6, 6.07) is 13.0. The Morgan fingerprint density at radius 1 is 0.943 bits per heavy atom. The molecule has 7 nitrogen and oxygen atoms in total. The molecular formula is C24H27F3N4O3S. The Hall–Kier alpha value is -2.49. The monoisotopic (exact) mass is 508 g/mol. The molecule has 2 aliphatic rings. The molecule has 2 heterocycles. The molecule has 2 fully saturated rings. The van der Waals surface area contributed by atoms with Crippen LogP contribution in [0.5, 0.6) is 0 Å². The smallest absolute Gasteiger partial charge is 0.370 e. The molecule has 1 N–H and O–H groups in total. The van der Waals surface area contributed by atoms with Gasteiger partial charge in [-0.1, -0.05) is 12.1 Å². The zero-order valence-corrected chi connectivity index (χ0v) is 19.9. The van der Waals surface area contributed by atoms with Crippen molar-refractivity contribution in [3.63, 3.8) is 0 Å². The zero-order chi connectivity index (χ0) is 25.1. The lowest BCUT2D eigenvalue weighted by Gasteiger charge is -2.46. The maximum Gasteiger partial charge on any atom is 0.416 e. The number of nitrogens with one attached hydrogen (secondary N) is 1. The van der Waals surface area contributed by atoms with E-state index in [-0.39, 0.29) is 23.6 Å². The Labute approximate surface area is 203 Å². The zero-order valence-electron chi connectivity index (χ0n) is 19.0. The van der Waals surface area contributed by atoms with E-state index in [4.69, 9.17) is 10.00 Å². The van der Waals surface area contributed by atoms with Gasteiger partial charge >= 0.3 is 6.18 Å². The molecule has 4 rings (SSSR count). The number of hydrogen-bond donors (Lipinski definition) is 1. The Morgan fingerprint density at radius 2 is 1.51 bits per heavy atom. The van der Waals surface area contributed by atoms with Gasteiger partial charge in [0.05, 0.1) is 34.3 Å². The highest BCUT2D eigenvalue weighted by atomic mass is 32.2. The van der Waals surface area contributed by atoms with Gasteiger partial charge in [-0.2, -0.15) is 18.4 Å². The van der Waals surface area contributed by atoms with E-state index in [0.717, 1.165) is 37.3 Å². The predicted octanol–water partition coefficient (Wildman–Crippen LogP) is 2.48. The standard InChI is InChI=1S/C24H27F3N4O3S/c25-24(26,27)20-5-1-18(2-6-20)9-11-30-14-21-16-31(17-22(15-30)34-21)12-10-29-35(32,33)23-7-3-19(13-28)4-8-23/h1-8,21-22,29H,9-12,14-17H2. The maximum absolute atomic E-state index is 12.7. The number of hydrogen-bond acceptors (Lipinski definition) is 6. The fourth-order valence-electron chi connectivity index (χ4n) is 4.50. The number of fused-ring (bicyclic) bond motifs is 2. The van der Waals surface area contributed by atoms with E-state index in [1.54, 1.807) is 0 Å². The van der Waals surface area contributed by atoms with Crippen LogP contribution in [0.4, 0.5) is 13.2 Å². The average molecular weight is 509 g/mol. The maximum atomic E-state index is 12.7. The van der Waals surface area contributed by atoms with Crippen LogP contribution in [0.1, 0.15) is 16.7 Å². The average Bonchev–Trinajstić information content (AvgIpc) is 2.82. The Balaban J connectivity index is 1.21. The van der Waals surface area contributed by atoms with Crippen LogP contribution in [0, 0.1) is 11.3 Å². The lowest BCUT2D eigenvalue weighted by molar-refractivity contribution is -0.138. The number of rotatable bonds is 8. The summed E-state index contributed by atoms with van der Waals surface area (Å²) in [5.74, 6) is 0. The van der Waals surface area contributed by atoms with Crippen molar-refractivity contribution >= 4 is 10.0 Å². The van der Waals surface area contributed by atoms with Crippen molar-refractivity contribution in [1.29, 1.82) is 5.26 Å². The molecule has 0 aliphatic carbocycles. The highest BCUT2D eigenvalue weighted by Gasteiger charge is 2.34. The molecule has 188 valence electrons. The van der Waals surface area contributed by atoms with Gasteiger partial charge in [0.15, 0.2) is 0 Å². The van der Waals surface area contributed by atoms with Gasteiger partial charge in [-0.05, 0) is 48.4 Å². The van der Waals surface area contributed by atoms with Crippen LogP contribution in [0.3, 0.4) is 0 Å². The Morgan fingerprint density at radius 3 is 2.06 bits per heavy atom. The number of halogens is 3. The molecule has 35 heavy (non-hydrogen) atoms. The molecule has 2 unspecified atom stereocenters. The van der Waals surface area contributed by atoms with Crippen molar-refractivity contribution in [1.82, 2.24) is 14.5 Å². The van der Waals surface area contributed by atoms with Gasteiger partial charge in [0.1, 0.15) is 0 Å². The van der Waals surface area contributed by atoms with E-state index < -0.39 is 21.8 Å². The Kier molecular flexibility index (Phi) is 7.78. The summed E-state index contributed by atoms with van der Waals surface area (Å²) in [7, 11) is -3.65. The first-order valence-corrected chi connectivity index (χ1v) is 12.9. The molecule has 0 spiro atoms. The highest BCUT2D eigenvalue weighted by Crippen LogP contribution is 2.29. The van der Waals surface area contributed by atoms with Crippen molar-refractivity contribution in [2.45, 2.75) is 29.7 Å².